The van der Waals surface area contributed by atoms with Crippen molar-refractivity contribution in [3.8, 4) is 0 Å². The van der Waals surface area contributed by atoms with Crippen LogP contribution in [0.5, 0.6) is 0 Å². The lowest BCUT2D eigenvalue weighted by molar-refractivity contribution is 0.194. The summed E-state index contributed by atoms with van der Waals surface area (Å²) in [7, 11) is 0. The molecule has 0 bridgehead atoms. The molecule has 1 aromatic heterocycles. The Morgan fingerprint density at radius 3 is 2.65 bits per heavy atom. The third kappa shape index (κ3) is 7.51. The highest BCUT2D eigenvalue weighted by atomic mass is 16.5. The highest BCUT2D eigenvalue weighted by Gasteiger charge is 2.18. The first kappa shape index (κ1) is 23.0. The molecular weight excluding hydrogens is 388 g/mol. The van der Waals surface area contributed by atoms with E-state index in [0.717, 1.165) is 70.4 Å². The molecule has 0 radical (unpaired) electrons. The van der Waals surface area contributed by atoms with E-state index in [0.29, 0.717) is 11.8 Å². The van der Waals surface area contributed by atoms with Crippen LogP contribution in [0.25, 0.3) is 6.08 Å². The summed E-state index contributed by atoms with van der Waals surface area (Å²) < 4.78 is 5.32. The number of benzene rings is 1. The van der Waals surface area contributed by atoms with Crippen LogP contribution in [-0.2, 0) is 6.42 Å². The van der Waals surface area contributed by atoms with Gasteiger partial charge in [0.25, 0.3) is 0 Å². The number of hydrogen-bond acceptors (Lipinski definition) is 5. The van der Waals surface area contributed by atoms with Gasteiger partial charge in [-0.15, -0.1) is 0 Å². The van der Waals surface area contributed by atoms with Crippen molar-refractivity contribution < 1.29 is 4.52 Å². The van der Waals surface area contributed by atoms with E-state index in [4.69, 9.17) is 9.52 Å². The number of nitrogens with zero attached hydrogens (tertiary/aromatic N) is 5. The maximum Gasteiger partial charge on any atom is 0.226 e. The molecule has 0 saturated carbocycles. The van der Waals surface area contributed by atoms with Gasteiger partial charge >= 0.3 is 0 Å². The Labute approximate surface area is 186 Å². The number of hydrogen-bond donors (Lipinski definition) is 1. The summed E-state index contributed by atoms with van der Waals surface area (Å²) in [4.78, 5) is 14.1. The van der Waals surface area contributed by atoms with Crippen molar-refractivity contribution in [3.63, 3.8) is 0 Å². The third-order valence-corrected chi connectivity index (χ3v) is 5.29. The first-order chi connectivity index (χ1) is 15.2. The van der Waals surface area contributed by atoms with Crippen molar-refractivity contribution in [1.82, 2.24) is 25.3 Å². The fourth-order valence-corrected chi connectivity index (χ4v) is 3.49. The van der Waals surface area contributed by atoms with E-state index in [1.807, 2.05) is 6.07 Å². The molecule has 1 aliphatic rings. The van der Waals surface area contributed by atoms with Crippen molar-refractivity contribution in [2.45, 2.75) is 39.5 Å². The highest BCUT2D eigenvalue weighted by molar-refractivity contribution is 5.80. The predicted molar refractivity (Wildman–Crippen MR) is 126 cm³/mol. The Kier molecular flexibility index (Phi) is 9.09. The molecule has 0 aliphatic carbocycles. The van der Waals surface area contributed by atoms with Crippen molar-refractivity contribution in [2.24, 2.45) is 4.99 Å². The van der Waals surface area contributed by atoms with E-state index in [-0.39, 0.29) is 0 Å². The van der Waals surface area contributed by atoms with Crippen LogP contribution in [0.3, 0.4) is 0 Å². The monoisotopic (exact) mass is 424 g/mol. The molecule has 1 aliphatic heterocycles. The van der Waals surface area contributed by atoms with E-state index in [2.05, 4.69) is 82.4 Å². The number of aryl methyl sites for hydroxylation is 1. The van der Waals surface area contributed by atoms with Crippen LogP contribution in [0.1, 0.15) is 50.4 Å². The summed E-state index contributed by atoms with van der Waals surface area (Å²) in [5.74, 6) is 2.79. The molecule has 7 heteroatoms. The van der Waals surface area contributed by atoms with Gasteiger partial charge in [0.1, 0.15) is 0 Å². The fourth-order valence-electron chi connectivity index (χ4n) is 3.49. The molecule has 1 N–H and O–H groups in total. The summed E-state index contributed by atoms with van der Waals surface area (Å²) in [6.45, 7) is 12.9. The van der Waals surface area contributed by atoms with E-state index in [1.165, 1.54) is 5.56 Å². The smallest absolute Gasteiger partial charge is 0.226 e. The Bertz CT molecular complexity index is 822. The largest absolute Gasteiger partial charge is 0.357 e. The van der Waals surface area contributed by atoms with E-state index in [1.54, 1.807) is 0 Å². The van der Waals surface area contributed by atoms with Crippen LogP contribution < -0.4 is 5.32 Å². The zero-order valence-corrected chi connectivity index (χ0v) is 19.1. The predicted octanol–water partition coefficient (Wildman–Crippen LogP) is 3.42. The second-order valence-corrected chi connectivity index (χ2v) is 8.14. The van der Waals surface area contributed by atoms with Crippen LogP contribution in [0.15, 0.2) is 45.9 Å². The molecule has 1 saturated heterocycles. The molecule has 168 valence electrons. The summed E-state index contributed by atoms with van der Waals surface area (Å²) in [5.41, 5.74) is 1.25. The number of aromatic nitrogens is 2. The van der Waals surface area contributed by atoms with E-state index in [9.17, 15) is 0 Å². The lowest BCUT2D eigenvalue weighted by atomic mass is 10.2. The van der Waals surface area contributed by atoms with Gasteiger partial charge in [-0.3, -0.25) is 9.89 Å². The topological polar surface area (TPSA) is 69.8 Å². The summed E-state index contributed by atoms with van der Waals surface area (Å²) >= 11 is 0. The first-order valence-corrected chi connectivity index (χ1v) is 11.5. The molecule has 0 spiro atoms. The minimum Gasteiger partial charge on any atom is -0.357 e. The number of aliphatic imine (C=N–C) groups is 1. The van der Waals surface area contributed by atoms with Gasteiger partial charge in [-0.2, -0.15) is 4.98 Å². The van der Waals surface area contributed by atoms with Gasteiger partial charge < -0.3 is 14.7 Å². The lowest BCUT2D eigenvalue weighted by Gasteiger charge is -2.36. The Balaban J connectivity index is 1.41. The Morgan fingerprint density at radius 1 is 1.19 bits per heavy atom. The Hall–Kier alpha value is -2.67. The van der Waals surface area contributed by atoms with Crippen molar-refractivity contribution >= 4 is 12.0 Å². The minimum atomic E-state index is 0.295. The molecular formula is C24H36N6O. The number of piperazine rings is 1. The number of guanidine groups is 1. The van der Waals surface area contributed by atoms with Crippen LogP contribution in [0, 0.1) is 0 Å². The molecule has 0 amide bonds. The second-order valence-electron chi connectivity index (χ2n) is 8.14. The van der Waals surface area contributed by atoms with Gasteiger partial charge in [-0.1, -0.05) is 61.5 Å². The summed E-state index contributed by atoms with van der Waals surface area (Å²) in [6, 6.07) is 10.5. The lowest BCUT2D eigenvalue weighted by Crippen LogP contribution is -2.52. The van der Waals surface area contributed by atoms with Gasteiger partial charge in [-0.05, 0) is 18.9 Å². The highest BCUT2D eigenvalue weighted by Crippen LogP contribution is 2.11. The quantitative estimate of drug-likeness (QED) is 0.378. The number of nitrogens with one attached hydrogen (secondary N) is 1. The summed E-state index contributed by atoms with van der Waals surface area (Å²) in [6.07, 6.45) is 6.13. The van der Waals surface area contributed by atoms with Crippen molar-refractivity contribution in [2.75, 3.05) is 45.8 Å². The maximum absolute atomic E-state index is 5.32. The van der Waals surface area contributed by atoms with E-state index >= 15 is 0 Å². The average molecular weight is 425 g/mol. The van der Waals surface area contributed by atoms with Gasteiger partial charge in [0.05, 0.1) is 0 Å². The number of rotatable bonds is 9. The molecule has 0 unspecified atom stereocenters. The minimum absolute atomic E-state index is 0.295. The second kappa shape index (κ2) is 12.2. The standard InChI is InChI=1S/C24H36N6O/c1-4-25-24(26-14-8-13-22-27-23(20(2)3)28-31-22)30-18-16-29(17-19-30)15-9-12-21-10-6-5-7-11-21/h5-7,9-12,20H,4,8,13-19H2,1-3H3,(H,25,26)/b12-9+. The van der Waals surface area contributed by atoms with E-state index < -0.39 is 0 Å². The van der Waals surface area contributed by atoms with Crippen molar-refractivity contribution in [1.29, 1.82) is 0 Å². The SMILES string of the molecule is CCNC(=NCCCc1nc(C(C)C)no1)N1CCN(C/C=C/c2ccccc2)CC1. The normalized spacial score (nSPS) is 15.9. The Morgan fingerprint density at radius 2 is 1.97 bits per heavy atom. The van der Waals surface area contributed by atoms with Gasteiger partial charge in [0.2, 0.25) is 5.89 Å². The van der Waals surface area contributed by atoms with Gasteiger partial charge in [-0.25, -0.2) is 0 Å². The summed E-state index contributed by atoms with van der Waals surface area (Å²) in [5, 5.41) is 7.47. The average Bonchev–Trinajstić information content (AvgIpc) is 3.27. The third-order valence-electron chi connectivity index (χ3n) is 5.29. The van der Waals surface area contributed by atoms with Gasteiger partial charge in [0.15, 0.2) is 11.8 Å². The zero-order chi connectivity index (χ0) is 21.9. The molecule has 1 fully saturated rings. The van der Waals surface area contributed by atoms with Crippen LogP contribution in [0.2, 0.25) is 0 Å². The molecule has 7 nitrogen and oxygen atoms in total. The maximum atomic E-state index is 5.32. The van der Waals surface area contributed by atoms with Crippen LogP contribution >= 0.6 is 0 Å². The zero-order valence-electron chi connectivity index (χ0n) is 19.1. The molecule has 2 aromatic rings. The molecule has 1 aromatic carbocycles. The van der Waals surface area contributed by atoms with Crippen LogP contribution in [-0.4, -0.2) is 71.7 Å². The van der Waals surface area contributed by atoms with Crippen LogP contribution in [0.4, 0.5) is 0 Å². The molecule has 3 rings (SSSR count). The first-order valence-electron chi connectivity index (χ1n) is 11.5. The molecule has 2 heterocycles. The molecule has 31 heavy (non-hydrogen) atoms. The molecule has 0 atom stereocenters. The van der Waals surface area contributed by atoms with Gasteiger partial charge in [0, 0.05) is 58.2 Å². The van der Waals surface area contributed by atoms with Crippen molar-refractivity contribution in [3.05, 3.63) is 53.7 Å². The fraction of sp³-hybridized carbons (Fsp3) is 0.542.